The summed E-state index contributed by atoms with van der Waals surface area (Å²) < 4.78 is 32.2. The Morgan fingerprint density at radius 3 is 1.89 bits per heavy atom. The van der Waals surface area contributed by atoms with Gasteiger partial charge in [0.1, 0.15) is 18.1 Å². The van der Waals surface area contributed by atoms with Crippen molar-refractivity contribution in [2.45, 2.75) is 59.9 Å². The number of ether oxygens (including phenoxy) is 1. The molecule has 0 aliphatic carbocycles. The number of rotatable bonds is 10. The van der Waals surface area contributed by atoms with Gasteiger partial charge in [0.15, 0.2) is 5.78 Å². The Balaban J connectivity index is 1.91. The van der Waals surface area contributed by atoms with Crippen molar-refractivity contribution in [1.82, 2.24) is 5.32 Å². The molecule has 0 saturated heterocycles. The van der Waals surface area contributed by atoms with Crippen molar-refractivity contribution in [1.29, 1.82) is 0 Å². The van der Waals surface area contributed by atoms with E-state index in [9.17, 15) is 9.36 Å². The Labute approximate surface area is 208 Å². The van der Waals surface area contributed by atoms with Crippen molar-refractivity contribution in [3.63, 3.8) is 0 Å². The maximum atomic E-state index is 14.5. The van der Waals surface area contributed by atoms with Crippen molar-refractivity contribution in [3.05, 3.63) is 94.5 Å². The van der Waals surface area contributed by atoms with Crippen molar-refractivity contribution in [2.75, 3.05) is 0 Å². The Morgan fingerprint density at radius 1 is 0.829 bits per heavy atom. The molecule has 1 N–H and O–H groups in total. The van der Waals surface area contributed by atoms with E-state index in [4.69, 9.17) is 13.8 Å². The highest BCUT2D eigenvalue weighted by Crippen LogP contribution is 2.54. The average Bonchev–Trinajstić information content (AvgIpc) is 2.84. The number of benzene rings is 3. The zero-order valence-corrected chi connectivity index (χ0v) is 21.9. The quantitative estimate of drug-likeness (QED) is 0.293. The van der Waals surface area contributed by atoms with Crippen LogP contribution < -0.4 is 14.4 Å². The smallest absolute Gasteiger partial charge is 0.445 e. The average molecular weight is 496 g/mol. The van der Waals surface area contributed by atoms with Crippen LogP contribution in [0.4, 0.5) is 4.79 Å². The van der Waals surface area contributed by atoms with E-state index in [1.54, 1.807) is 12.1 Å². The lowest BCUT2D eigenvalue weighted by Gasteiger charge is -2.29. The molecule has 0 heterocycles. The number of carbonyl (C=O) groups excluding carboxylic acids is 1. The molecule has 0 spiro atoms. The van der Waals surface area contributed by atoms with Gasteiger partial charge in [-0.25, -0.2) is 9.36 Å². The van der Waals surface area contributed by atoms with Crippen LogP contribution in [0, 0.1) is 27.7 Å². The summed E-state index contributed by atoms with van der Waals surface area (Å²) in [5.74, 6) is 0.00832. The minimum Gasteiger partial charge on any atom is -0.445 e. The highest BCUT2D eigenvalue weighted by molar-refractivity contribution is 7.55. The minimum atomic E-state index is -3.94. The first-order valence-electron chi connectivity index (χ1n) is 11.8. The second-order valence-electron chi connectivity index (χ2n) is 8.63. The minimum absolute atomic E-state index is 0.103. The van der Waals surface area contributed by atoms with Gasteiger partial charge in [0.25, 0.3) is 0 Å². The molecule has 0 fully saturated rings. The molecule has 6 nitrogen and oxygen atoms in total. The molecule has 186 valence electrons. The molecule has 0 aliphatic rings. The van der Waals surface area contributed by atoms with Gasteiger partial charge in [0.05, 0.1) is 0 Å². The van der Waals surface area contributed by atoms with Crippen LogP contribution in [0.2, 0.25) is 0 Å². The van der Waals surface area contributed by atoms with E-state index in [1.807, 2.05) is 89.2 Å². The Morgan fingerprint density at radius 2 is 1.37 bits per heavy atom. The maximum absolute atomic E-state index is 14.5. The largest absolute Gasteiger partial charge is 0.453 e. The lowest BCUT2D eigenvalue weighted by molar-refractivity contribution is 0.137. The number of carbonyl (C=O) groups is 1. The normalized spacial score (nSPS) is 12.0. The number of hydrogen-bond acceptors (Lipinski definition) is 5. The summed E-state index contributed by atoms with van der Waals surface area (Å²) in [6.45, 7) is 9.78. The fourth-order valence-corrected chi connectivity index (χ4v) is 5.62. The van der Waals surface area contributed by atoms with E-state index in [-0.39, 0.29) is 6.61 Å². The van der Waals surface area contributed by atoms with Crippen LogP contribution in [0.1, 0.15) is 47.6 Å². The summed E-state index contributed by atoms with van der Waals surface area (Å²) in [5.41, 5.74) is 4.58. The molecule has 0 aromatic heterocycles. The third-order valence-electron chi connectivity index (χ3n) is 6.00. The lowest BCUT2D eigenvalue weighted by Crippen LogP contribution is -2.37. The molecule has 0 bridgehead atoms. The molecule has 35 heavy (non-hydrogen) atoms. The molecule has 0 saturated carbocycles. The fourth-order valence-electron chi connectivity index (χ4n) is 3.55. The summed E-state index contributed by atoms with van der Waals surface area (Å²) in [4.78, 5) is 12.7. The number of nitrogens with one attached hydrogen (secondary N) is 1. The van der Waals surface area contributed by atoms with Gasteiger partial charge in [0.2, 0.25) is 0 Å². The topological polar surface area (TPSA) is 73.9 Å². The van der Waals surface area contributed by atoms with Crippen LogP contribution in [0.25, 0.3) is 0 Å². The summed E-state index contributed by atoms with van der Waals surface area (Å²) >= 11 is 0. The standard InChI is InChI=1S/C28H34NO5P/c1-6-12-27(29-28(30)32-19-24-15-8-7-9-16-24)35(31,33-25-17-10-13-20(2)22(25)4)34-26-18-11-14-21(3)23(26)5/h7-11,13-18,27H,6,12,19H2,1-5H3,(H,29,30)/t27-/m0/s1. The molecule has 0 unspecified atom stereocenters. The molecule has 0 radical (unpaired) electrons. The van der Waals surface area contributed by atoms with Crippen LogP contribution in [0.3, 0.4) is 0 Å². The van der Waals surface area contributed by atoms with E-state index in [0.717, 1.165) is 27.8 Å². The van der Waals surface area contributed by atoms with Gasteiger partial charge in [0, 0.05) is 0 Å². The monoisotopic (exact) mass is 495 g/mol. The molecular formula is C28H34NO5P. The highest BCUT2D eigenvalue weighted by Gasteiger charge is 2.41. The van der Waals surface area contributed by atoms with Crippen molar-refractivity contribution < 1.29 is 23.1 Å². The highest BCUT2D eigenvalue weighted by atomic mass is 31.2. The third kappa shape index (κ3) is 6.89. The van der Waals surface area contributed by atoms with E-state index < -0.39 is 19.5 Å². The fraction of sp³-hybridized carbons (Fsp3) is 0.321. The summed E-state index contributed by atoms with van der Waals surface area (Å²) in [6.07, 6.45) is 0.356. The number of alkyl carbamates (subject to hydrolysis) is 1. The Bertz CT molecular complexity index is 1140. The molecular weight excluding hydrogens is 461 g/mol. The molecule has 3 aromatic rings. The second-order valence-corrected chi connectivity index (χ2v) is 10.7. The Hall–Kier alpha value is -3.24. The first kappa shape index (κ1) is 26.4. The third-order valence-corrected chi connectivity index (χ3v) is 8.06. The van der Waals surface area contributed by atoms with E-state index >= 15 is 0 Å². The summed E-state index contributed by atoms with van der Waals surface area (Å²) in [5, 5.41) is 2.76. The van der Waals surface area contributed by atoms with Gasteiger partial charge >= 0.3 is 13.7 Å². The molecule has 3 rings (SSSR count). The van der Waals surface area contributed by atoms with Gasteiger partial charge in [-0.05, 0) is 74.1 Å². The van der Waals surface area contributed by atoms with Crippen molar-refractivity contribution in [3.8, 4) is 11.5 Å². The molecule has 7 heteroatoms. The summed E-state index contributed by atoms with van der Waals surface area (Å²) in [6, 6.07) is 20.5. The van der Waals surface area contributed by atoms with Crippen LogP contribution in [0.5, 0.6) is 11.5 Å². The van der Waals surface area contributed by atoms with Gasteiger partial charge < -0.3 is 19.1 Å². The lowest BCUT2D eigenvalue weighted by atomic mass is 10.1. The zero-order valence-electron chi connectivity index (χ0n) is 21.0. The maximum Gasteiger partial charge on any atom is 0.453 e. The number of hydrogen-bond donors (Lipinski definition) is 1. The number of aryl methyl sites for hydroxylation is 2. The van der Waals surface area contributed by atoms with Crippen molar-refractivity contribution in [2.24, 2.45) is 0 Å². The van der Waals surface area contributed by atoms with Gasteiger partial charge in [-0.1, -0.05) is 67.9 Å². The van der Waals surface area contributed by atoms with Gasteiger partial charge in [-0.15, -0.1) is 0 Å². The second kappa shape index (κ2) is 11.9. The SMILES string of the molecule is CCC[C@@H](NC(=O)OCc1ccccc1)P(=O)(Oc1cccc(C)c1C)Oc1cccc(C)c1C. The van der Waals surface area contributed by atoms with Crippen LogP contribution in [-0.2, 0) is 15.9 Å². The number of amides is 1. The van der Waals surface area contributed by atoms with Gasteiger partial charge in [-0.2, -0.15) is 0 Å². The zero-order chi connectivity index (χ0) is 25.4. The molecule has 3 aromatic carbocycles. The van der Waals surface area contributed by atoms with Crippen LogP contribution in [-0.4, -0.2) is 11.9 Å². The predicted molar refractivity (Wildman–Crippen MR) is 139 cm³/mol. The molecule has 1 atom stereocenters. The molecule has 0 aliphatic heterocycles. The van der Waals surface area contributed by atoms with E-state index in [1.165, 1.54) is 0 Å². The molecule has 1 amide bonds. The first-order valence-corrected chi connectivity index (χ1v) is 13.4. The predicted octanol–water partition coefficient (Wildman–Crippen LogP) is 7.62. The first-order chi connectivity index (χ1) is 16.7. The van der Waals surface area contributed by atoms with E-state index in [2.05, 4.69) is 5.32 Å². The van der Waals surface area contributed by atoms with Crippen LogP contribution in [0.15, 0.2) is 66.7 Å². The van der Waals surface area contributed by atoms with Crippen molar-refractivity contribution >= 4 is 13.7 Å². The Kier molecular flexibility index (Phi) is 9.00. The van der Waals surface area contributed by atoms with Gasteiger partial charge in [-0.3, -0.25) is 0 Å². The van der Waals surface area contributed by atoms with E-state index in [0.29, 0.717) is 24.3 Å². The van der Waals surface area contributed by atoms with Crippen LogP contribution >= 0.6 is 7.60 Å². The summed E-state index contributed by atoms with van der Waals surface area (Å²) in [7, 11) is -3.94.